The molecule has 0 radical (unpaired) electrons. The highest BCUT2D eigenvalue weighted by Crippen LogP contribution is 2.21. The molecule has 2 atom stereocenters. The van der Waals surface area contributed by atoms with Gasteiger partial charge in [-0.05, 0) is 25.3 Å². The second-order valence-electron chi connectivity index (χ2n) is 5.05. The summed E-state index contributed by atoms with van der Waals surface area (Å²) in [5.41, 5.74) is 0.656. The van der Waals surface area contributed by atoms with Crippen molar-refractivity contribution in [3.8, 4) is 6.07 Å². The highest BCUT2D eigenvalue weighted by atomic mass is 32.2. The Hall–Kier alpha value is -1.42. The van der Waals surface area contributed by atoms with Crippen molar-refractivity contribution in [1.82, 2.24) is 9.03 Å². The van der Waals surface area contributed by atoms with Gasteiger partial charge in [-0.3, -0.25) is 0 Å². The zero-order valence-electron chi connectivity index (χ0n) is 11.5. The van der Waals surface area contributed by atoms with Crippen molar-refractivity contribution < 1.29 is 8.42 Å². The Kier molecular flexibility index (Phi) is 4.76. The van der Waals surface area contributed by atoms with E-state index in [4.69, 9.17) is 0 Å². The zero-order valence-corrected chi connectivity index (χ0v) is 12.3. The summed E-state index contributed by atoms with van der Waals surface area (Å²) in [4.78, 5) is 0. The Labute approximate surface area is 120 Å². The predicted octanol–water partition coefficient (Wildman–Crippen LogP) is 1.96. The molecule has 1 aromatic rings. The minimum atomic E-state index is -3.63. The molecule has 6 heteroatoms. The summed E-state index contributed by atoms with van der Waals surface area (Å²) in [6.45, 7) is 2.42. The molecule has 108 valence electrons. The van der Waals surface area contributed by atoms with Crippen molar-refractivity contribution in [2.24, 2.45) is 0 Å². The lowest BCUT2D eigenvalue weighted by Crippen LogP contribution is -2.48. The quantitative estimate of drug-likeness (QED) is 0.922. The minimum Gasteiger partial charge on any atom is -0.196 e. The van der Waals surface area contributed by atoms with Gasteiger partial charge in [-0.2, -0.15) is 22.7 Å². The third-order valence-electron chi connectivity index (χ3n) is 3.58. The van der Waals surface area contributed by atoms with Crippen molar-refractivity contribution in [3.63, 3.8) is 0 Å². The average Bonchev–Trinajstić information content (AvgIpc) is 2.46. The summed E-state index contributed by atoms with van der Waals surface area (Å²) < 4.78 is 28.8. The van der Waals surface area contributed by atoms with Gasteiger partial charge in [0.05, 0.1) is 6.07 Å². The van der Waals surface area contributed by atoms with Crippen LogP contribution in [0.15, 0.2) is 30.3 Å². The van der Waals surface area contributed by atoms with Gasteiger partial charge in [-0.25, -0.2) is 0 Å². The lowest BCUT2D eigenvalue weighted by atomic mass is 10.1. The van der Waals surface area contributed by atoms with Crippen molar-refractivity contribution in [1.29, 1.82) is 5.26 Å². The van der Waals surface area contributed by atoms with Crippen LogP contribution in [0, 0.1) is 11.3 Å². The van der Waals surface area contributed by atoms with E-state index in [0.717, 1.165) is 19.3 Å². The molecular weight excluding hydrogens is 274 g/mol. The van der Waals surface area contributed by atoms with E-state index in [1.54, 1.807) is 24.3 Å². The molecule has 1 heterocycles. The lowest BCUT2D eigenvalue weighted by molar-refractivity contribution is 0.264. The Morgan fingerprint density at radius 3 is 2.65 bits per heavy atom. The highest BCUT2D eigenvalue weighted by Gasteiger charge is 2.31. The summed E-state index contributed by atoms with van der Waals surface area (Å²) in [6.07, 6.45) is 2.78. The van der Waals surface area contributed by atoms with E-state index in [2.05, 4.69) is 4.72 Å². The Balaban J connectivity index is 2.16. The molecule has 1 fully saturated rings. The molecule has 5 nitrogen and oxygen atoms in total. The summed E-state index contributed by atoms with van der Waals surface area (Å²) in [7, 11) is -3.63. The number of hydrogen-bond donors (Lipinski definition) is 1. The first-order valence-corrected chi connectivity index (χ1v) is 8.22. The molecular formula is C14H19N3O2S. The van der Waals surface area contributed by atoms with Crippen molar-refractivity contribution in [2.75, 3.05) is 6.54 Å². The van der Waals surface area contributed by atoms with E-state index in [1.165, 1.54) is 4.31 Å². The smallest absolute Gasteiger partial charge is 0.196 e. The Bertz CT molecular complexity index is 580. The first-order chi connectivity index (χ1) is 9.54. The fourth-order valence-electron chi connectivity index (χ4n) is 2.46. The van der Waals surface area contributed by atoms with Crippen LogP contribution in [0.2, 0.25) is 0 Å². The van der Waals surface area contributed by atoms with Gasteiger partial charge in [-0.1, -0.05) is 36.8 Å². The van der Waals surface area contributed by atoms with E-state index in [1.807, 2.05) is 19.1 Å². The zero-order chi connectivity index (χ0) is 14.6. The van der Waals surface area contributed by atoms with Gasteiger partial charge in [0.2, 0.25) is 0 Å². The monoisotopic (exact) mass is 293 g/mol. The van der Waals surface area contributed by atoms with Crippen LogP contribution in [0.5, 0.6) is 0 Å². The molecule has 1 aliphatic heterocycles. The third kappa shape index (κ3) is 3.37. The molecule has 1 saturated heterocycles. The second-order valence-corrected chi connectivity index (χ2v) is 6.71. The van der Waals surface area contributed by atoms with Gasteiger partial charge in [0.1, 0.15) is 6.04 Å². The van der Waals surface area contributed by atoms with Crippen LogP contribution in [0.3, 0.4) is 0 Å². The minimum absolute atomic E-state index is 0.0173. The maximum atomic E-state index is 12.4. The maximum absolute atomic E-state index is 12.4. The molecule has 1 aromatic carbocycles. The Morgan fingerprint density at radius 1 is 1.35 bits per heavy atom. The van der Waals surface area contributed by atoms with E-state index < -0.39 is 16.3 Å². The van der Waals surface area contributed by atoms with E-state index in [0.29, 0.717) is 12.1 Å². The summed E-state index contributed by atoms with van der Waals surface area (Å²) in [6, 6.07) is 10.0. The van der Waals surface area contributed by atoms with E-state index in [-0.39, 0.29) is 6.04 Å². The number of benzene rings is 1. The van der Waals surface area contributed by atoms with Crippen LogP contribution < -0.4 is 4.72 Å². The van der Waals surface area contributed by atoms with Crippen LogP contribution in [0.4, 0.5) is 0 Å². The molecule has 0 bridgehead atoms. The molecule has 0 saturated carbocycles. The normalized spacial score (nSPS) is 22.1. The van der Waals surface area contributed by atoms with Gasteiger partial charge in [-0.15, -0.1) is 0 Å². The largest absolute Gasteiger partial charge is 0.281 e. The third-order valence-corrected chi connectivity index (χ3v) is 5.27. The first-order valence-electron chi connectivity index (χ1n) is 6.78. The molecule has 1 aliphatic rings. The summed E-state index contributed by atoms with van der Waals surface area (Å²) in [5, 5.41) is 9.21. The number of nitrogens with one attached hydrogen (secondary N) is 1. The summed E-state index contributed by atoms with van der Waals surface area (Å²) in [5.74, 6) is 0. The molecule has 0 spiro atoms. The predicted molar refractivity (Wildman–Crippen MR) is 76.9 cm³/mol. The van der Waals surface area contributed by atoms with Crippen LogP contribution in [0.25, 0.3) is 0 Å². The van der Waals surface area contributed by atoms with Crippen molar-refractivity contribution in [2.45, 2.75) is 38.3 Å². The maximum Gasteiger partial charge on any atom is 0.281 e. The molecule has 1 N–H and O–H groups in total. The van der Waals surface area contributed by atoms with Gasteiger partial charge < -0.3 is 0 Å². The van der Waals surface area contributed by atoms with E-state index >= 15 is 0 Å². The molecule has 0 aliphatic carbocycles. The number of nitriles is 1. The van der Waals surface area contributed by atoms with Crippen LogP contribution in [-0.4, -0.2) is 25.3 Å². The van der Waals surface area contributed by atoms with Crippen molar-refractivity contribution >= 4 is 10.2 Å². The summed E-state index contributed by atoms with van der Waals surface area (Å²) >= 11 is 0. The molecule has 2 rings (SSSR count). The van der Waals surface area contributed by atoms with E-state index in [9.17, 15) is 13.7 Å². The van der Waals surface area contributed by atoms with Gasteiger partial charge in [0.15, 0.2) is 0 Å². The molecule has 2 unspecified atom stereocenters. The fourth-order valence-corrected chi connectivity index (χ4v) is 4.03. The number of piperidine rings is 1. The van der Waals surface area contributed by atoms with Gasteiger partial charge >= 0.3 is 0 Å². The van der Waals surface area contributed by atoms with Gasteiger partial charge in [0, 0.05) is 12.6 Å². The van der Waals surface area contributed by atoms with Crippen LogP contribution >= 0.6 is 0 Å². The Morgan fingerprint density at radius 2 is 2.05 bits per heavy atom. The molecule has 0 amide bonds. The van der Waals surface area contributed by atoms with Crippen molar-refractivity contribution in [3.05, 3.63) is 35.9 Å². The average molecular weight is 293 g/mol. The van der Waals surface area contributed by atoms with Crippen LogP contribution in [0.1, 0.15) is 37.8 Å². The first kappa shape index (κ1) is 15.0. The topological polar surface area (TPSA) is 73.2 Å². The SMILES string of the molecule is CC1CCCCN1S(=O)(=O)NC(C#N)c1ccccc1. The molecule has 0 aromatic heterocycles. The fraction of sp³-hybridized carbons (Fsp3) is 0.500. The highest BCUT2D eigenvalue weighted by molar-refractivity contribution is 7.87. The lowest BCUT2D eigenvalue weighted by Gasteiger charge is -2.32. The second kappa shape index (κ2) is 6.35. The number of nitrogens with zero attached hydrogens (tertiary/aromatic N) is 2. The number of hydrogen-bond acceptors (Lipinski definition) is 3. The standard InChI is InChI=1S/C14H19N3O2S/c1-12-7-5-6-10-17(12)20(18,19)16-14(11-15)13-8-3-2-4-9-13/h2-4,8-9,12,14,16H,5-7,10H2,1H3. The number of rotatable bonds is 4. The van der Waals surface area contributed by atoms with Gasteiger partial charge in [0.25, 0.3) is 10.2 Å². The molecule has 20 heavy (non-hydrogen) atoms. The van der Waals surface area contributed by atoms with Crippen LogP contribution in [-0.2, 0) is 10.2 Å².